The molecule has 3 saturated carbocycles. The Morgan fingerprint density at radius 1 is 1.00 bits per heavy atom. The van der Waals surface area contributed by atoms with E-state index in [1.807, 2.05) is 0 Å². The van der Waals surface area contributed by atoms with Crippen LogP contribution in [0.25, 0.3) is 0 Å². The van der Waals surface area contributed by atoms with Crippen LogP contribution in [0, 0.1) is 34.5 Å². The van der Waals surface area contributed by atoms with Gasteiger partial charge in [0.1, 0.15) is 0 Å². The molecule has 0 saturated heterocycles. The lowest BCUT2D eigenvalue weighted by atomic mass is 9.45. The minimum absolute atomic E-state index is 0.0856. The number of aliphatic hydroxyl groups is 2. The average Bonchev–Trinajstić information content (AvgIpc) is 2.78. The zero-order chi connectivity index (χ0) is 16.6. The summed E-state index contributed by atoms with van der Waals surface area (Å²) < 4.78 is 0. The van der Waals surface area contributed by atoms with Crippen LogP contribution in [0.2, 0.25) is 0 Å². The van der Waals surface area contributed by atoms with Gasteiger partial charge in [-0.1, -0.05) is 31.9 Å². The molecule has 0 aliphatic heterocycles. The smallest absolute Gasteiger partial charge is 0.0596 e. The molecule has 0 radical (unpaired) electrons. The fraction of sp³-hybridized carbons (Fsp3) is 0.905. The second kappa shape index (κ2) is 5.08. The highest BCUT2D eigenvalue weighted by Gasteiger charge is 2.60. The van der Waals surface area contributed by atoms with Gasteiger partial charge in [0.25, 0.3) is 0 Å². The Kier molecular flexibility index (Phi) is 3.57. The Labute approximate surface area is 141 Å². The maximum atomic E-state index is 10.6. The van der Waals surface area contributed by atoms with Crippen molar-refractivity contribution in [1.29, 1.82) is 0 Å². The number of fused-ring (bicyclic) bond motifs is 5. The molecule has 23 heavy (non-hydrogen) atoms. The topological polar surface area (TPSA) is 40.5 Å². The van der Waals surface area contributed by atoms with Crippen molar-refractivity contribution >= 4 is 0 Å². The molecule has 4 aliphatic rings. The standard InChI is InChI=1S/C21H34O2/c1-12-9-15-16-5-6-19(23)20(16,3)8-7-17(15)21(4)13(2)10-14(22)11-18(12)21/h13-17,19,22-23H,5-11H2,1-4H3/t13?,14?,15-,16-,17+,19?,20-,21+/m0/s1. The van der Waals surface area contributed by atoms with Gasteiger partial charge < -0.3 is 10.2 Å². The second-order valence-electron chi connectivity index (χ2n) is 9.75. The van der Waals surface area contributed by atoms with E-state index in [-0.39, 0.29) is 23.0 Å². The quantitative estimate of drug-likeness (QED) is 0.654. The zero-order valence-corrected chi connectivity index (χ0v) is 15.3. The molecular formula is C21H34O2. The highest BCUT2D eigenvalue weighted by atomic mass is 16.3. The highest BCUT2D eigenvalue weighted by molar-refractivity contribution is 5.31. The normalized spacial score (nSPS) is 56.1. The predicted octanol–water partition coefficient (Wildman–Crippen LogP) is 4.31. The van der Waals surface area contributed by atoms with E-state index in [0.29, 0.717) is 11.8 Å². The van der Waals surface area contributed by atoms with Gasteiger partial charge in [-0.3, -0.25) is 0 Å². The van der Waals surface area contributed by atoms with Gasteiger partial charge in [-0.05, 0) is 86.4 Å². The molecule has 3 unspecified atom stereocenters. The Morgan fingerprint density at radius 2 is 1.74 bits per heavy atom. The van der Waals surface area contributed by atoms with E-state index < -0.39 is 0 Å². The number of allylic oxidation sites excluding steroid dienone is 1. The van der Waals surface area contributed by atoms with Crippen LogP contribution in [0.15, 0.2) is 11.1 Å². The molecule has 0 bridgehead atoms. The molecule has 2 N–H and O–H groups in total. The summed E-state index contributed by atoms with van der Waals surface area (Å²) in [6.07, 6.45) is 7.53. The van der Waals surface area contributed by atoms with Crippen LogP contribution in [0.5, 0.6) is 0 Å². The van der Waals surface area contributed by atoms with Crippen LogP contribution in [0.3, 0.4) is 0 Å². The van der Waals surface area contributed by atoms with Gasteiger partial charge in [-0.25, -0.2) is 0 Å². The van der Waals surface area contributed by atoms with Crippen LogP contribution in [0.4, 0.5) is 0 Å². The molecule has 2 nitrogen and oxygen atoms in total. The first-order chi connectivity index (χ1) is 10.8. The summed E-state index contributed by atoms with van der Waals surface area (Å²) in [6, 6.07) is 0. The molecule has 4 aliphatic carbocycles. The van der Waals surface area contributed by atoms with Gasteiger partial charge in [-0.2, -0.15) is 0 Å². The number of rotatable bonds is 0. The third-order valence-electron chi connectivity index (χ3n) is 8.95. The summed E-state index contributed by atoms with van der Waals surface area (Å²) in [7, 11) is 0. The lowest BCUT2D eigenvalue weighted by Crippen LogP contribution is -2.54. The summed E-state index contributed by atoms with van der Waals surface area (Å²) in [5.41, 5.74) is 3.59. The van der Waals surface area contributed by atoms with E-state index in [1.165, 1.54) is 25.7 Å². The van der Waals surface area contributed by atoms with E-state index in [9.17, 15) is 10.2 Å². The molecule has 130 valence electrons. The van der Waals surface area contributed by atoms with E-state index >= 15 is 0 Å². The monoisotopic (exact) mass is 318 g/mol. The summed E-state index contributed by atoms with van der Waals surface area (Å²) in [5.74, 6) is 2.77. The minimum Gasteiger partial charge on any atom is -0.393 e. The van der Waals surface area contributed by atoms with Crippen LogP contribution in [-0.4, -0.2) is 22.4 Å². The lowest BCUT2D eigenvalue weighted by molar-refractivity contribution is -0.0877. The van der Waals surface area contributed by atoms with Crippen LogP contribution < -0.4 is 0 Å². The predicted molar refractivity (Wildman–Crippen MR) is 92.9 cm³/mol. The number of hydrogen-bond acceptors (Lipinski definition) is 2. The molecule has 4 rings (SSSR count). The van der Waals surface area contributed by atoms with Crippen molar-refractivity contribution in [3.63, 3.8) is 0 Å². The Hall–Kier alpha value is -0.340. The van der Waals surface area contributed by atoms with Gasteiger partial charge in [0.2, 0.25) is 0 Å². The largest absolute Gasteiger partial charge is 0.393 e. The van der Waals surface area contributed by atoms with Crippen LogP contribution >= 0.6 is 0 Å². The van der Waals surface area contributed by atoms with Crippen LogP contribution in [0.1, 0.15) is 72.6 Å². The highest BCUT2D eigenvalue weighted by Crippen LogP contribution is 2.66. The molecule has 2 heteroatoms. The van der Waals surface area contributed by atoms with Gasteiger partial charge in [0, 0.05) is 0 Å². The number of hydrogen-bond donors (Lipinski definition) is 2. The third kappa shape index (κ3) is 2.00. The van der Waals surface area contributed by atoms with Crippen LogP contribution in [-0.2, 0) is 0 Å². The van der Waals surface area contributed by atoms with Crippen molar-refractivity contribution < 1.29 is 10.2 Å². The summed E-state index contributed by atoms with van der Waals surface area (Å²) in [4.78, 5) is 0. The lowest BCUT2D eigenvalue weighted by Gasteiger charge is -2.60. The third-order valence-corrected chi connectivity index (χ3v) is 8.95. The fourth-order valence-corrected chi connectivity index (χ4v) is 7.48. The van der Waals surface area contributed by atoms with E-state index in [4.69, 9.17) is 0 Å². The van der Waals surface area contributed by atoms with Crippen molar-refractivity contribution in [3.8, 4) is 0 Å². The van der Waals surface area contributed by atoms with E-state index in [2.05, 4.69) is 27.7 Å². The van der Waals surface area contributed by atoms with E-state index in [1.54, 1.807) is 11.1 Å². The molecule has 0 aromatic carbocycles. The maximum absolute atomic E-state index is 10.6. The van der Waals surface area contributed by atoms with Gasteiger partial charge in [0.05, 0.1) is 12.2 Å². The minimum atomic E-state index is -0.137. The van der Waals surface area contributed by atoms with Gasteiger partial charge in [-0.15, -0.1) is 0 Å². The number of aliphatic hydroxyl groups excluding tert-OH is 2. The Morgan fingerprint density at radius 3 is 2.48 bits per heavy atom. The Bertz CT molecular complexity index is 538. The average molecular weight is 319 g/mol. The zero-order valence-electron chi connectivity index (χ0n) is 15.3. The molecule has 0 spiro atoms. The Balaban J connectivity index is 1.76. The maximum Gasteiger partial charge on any atom is 0.0596 e. The summed E-state index contributed by atoms with van der Waals surface area (Å²) >= 11 is 0. The molecule has 0 aromatic rings. The van der Waals surface area contributed by atoms with Crippen molar-refractivity contribution in [3.05, 3.63) is 11.1 Å². The molecule has 8 atom stereocenters. The van der Waals surface area contributed by atoms with Gasteiger partial charge >= 0.3 is 0 Å². The first-order valence-electron chi connectivity index (χ1n) is 9.83. The second-order valence-corrected chi connectivity index (χ2v) is 9.75. The van der Waals surface area contributed by atoms with Gasteiger partial charge in [0.15, 0.2) is 0 Å². The molecule has 0 heterocycles. The molecule has 0 aromatic heterocycles. The van der Waals surface area contributed by atoms with Crippen molar-refractivity contribution in [2.75, 3.05) is 0 Å². The molecular weight excluding hydrogens is 284 g/mol. The van der Waals surface area contributed by atoms with E-state index in [0.717, 1.165) is 31.1 Å². The summed E-state index contributed by atoms with van der Waals surface area (Å²) in [5, 5.41) is 20.9. The fourth-order valence-electron chi connectivity index (χ4n) is 7.48. The SMILES string of the molecule is CC1=C2CC(O)CC(C)[C@]2(C)[C@@H]2CC[C@]3(C)C(O)CC[C@H]3[C@@H]2C1. The van der Waals surface area contributed by atoms with Crippen molar-refractivity contribution in [2.24, 2.45) is 34.5 Å². The molecule has 0 amide bonds. The summed E-state index contributed by atoms with van der Waals surface area (Å²) in [6.45, 7) is 9.56. The van der Waals surface area contributed by atoms with Crippen molar-refractivity contribution in [2.45, 2.75) is 84.8 Å². The molecule has 3 fully saturated rings. The first kappa shape index (κ1) is 16.1. The van der Waals surface area contributed by atoms with Crippen molar-refractivity contribution in [1.82, 2.24) is 0 Å². The first-order valence-corrected chi connectivity index (χ1v) is 9.83.